The van der Waals surface area contributed by atoms with E-state index in [1.807, 2.05) is 38.2 Å². The van der Waals surface area contributed by atoms with Crippen LogP contribution >= 0.6 is 0 Å². The van der Waals surface area contributed by atoms with E-state index in [9.17, 15) is 8.42 Å². The van der Waals surface area contributed by atoms with Crippen molar-refractivity contribution in [3.8, 4) is 0 Å². The van der Waals surface area contributed by atoms with Gasteiger partial charge < -0.3 is 0 Å². The number of aromatic nitrogens is 2. The molecule has 5 nitrogen and oxygen atoms in total. The van der Waals surface area contributed by atoms with Crippen molar-refractivity contribution >= 4 is 20.7 Å². The fraction of sp³-hybridized carbons (Fsp3) is 0.556. The van der Waals surface area contributed by atoms with E-state index in [-0.39, 0.29) is 11.3 Å². The van der Waals surface area contributed by atoms with Gasteiger partial charge in [-0.3, -0.25) is 4.90 Å². The van der Waals surface area contributed by atoms with Crippen LogP contribution in [0.5, 0.6) is 0 Å². The maximum Gasteiger partial charge on any atom is 0.151 e. The summed E-state index contributed by atoms with van der Waals surface area (Å²) in [4.78, 5) is 11.4. The third-order valence-electron chi connectivity index (χ3n) is 5.01. The minimum Gasteiger partial charge on any atom is -0.295 e. The zero-order valence-electron chi connectivity index (χ0n) is 14.6. The summed E-state index contributed by atoms with van der Waals surface area (Å²) in [5.41, 5.74) is 1.91. The zero-order chi connectivity index (χ0) is 17.3. The molecule has 2 atom stereocenters. The fourth-order valence-electron chi connectivity index (χ4n) is 3.79. The number of rotatable bonds is 4. The Balaban J connectivity index is 1.84. The summed E-state index contributed by atoms with van der Waals surface area (Å²) in [5, 5.41) is 0.786. The minimum atomic E-state index is -3.04. The minimum absolute atomic E-state index is 0.0455. The van der Waals surface area contributed by atoms with Crippen molar-refractivity contribution in [2.75, 3.05) is 13.3 Å². The molecule has 1 aliphatic carbocycles. The van der Waals surface area contributed by atoms with Gasteiger partial charge in [-0.1, -0.05) is 31.0 Å². The lowest BCUT2D eigenvalue weighted by Crippen LogP contribution is -2.46. The summed E-state index contributed by atoms with van der Waals surface area (Å²) < 4.78 is 24.2. The lowest BCUT2D eigenvalue weighted by Gasteiger charge is -2.36. The molecule has 1 heterocycles. The molecule has 1 aromatic carbocycles. The Morgan fingerprint density at radius 2 is 1.88 bits per heavy atom. The van der Waals surface area contributed by atoms with Gasteiger partial charge in [0.2, 0.25) is 0 Å². The van der Waals surface area contributed by atoms with Crippen molar-refractivity contribution in [3.63, 3.8) is 0 Å². The van der Waals surface area contributed by atoms with Crippen molar-refractivity contribution in [1.29, 1.82) is 0 Å². The van der Waals surface area contributed by atoms with Crippen LogP contribution in [-0.4, -0.2) is 47.9 Å². The molecule has 1 aromatic heterocycles. The molecule has 24 heavy (non-hydrogen) atoms. The summed E-state index contributed by atoms with van der Waals surface area (Å²) in [6.07, 6.45) is 5.11. The van der Waals surface area contributed by atoms with Gasteiger partial charge in [-0.25, -0.2) is 18.4 Å². The zero-order valence-corrected chi connectivity index (χ0v) is 15.4. The molecule has 1 aliphatic rings. The van der Waals surface area contributed by atoms with Gasteiger partial charge in [0.15, 0.2) is 9.84 Å². The molecule has 6 heteroatoms. The number of aryl methyl sites for hydroxylation is 1. The van der Waals surface area contributed by atoms with Gasteiger partial charge in [-0.15, -0.1) is 0 Å². The molecule has 0 bridgehead atoms. The van der Waals surface area contributed by atoms with Gasteiger partial charge in [-0.05, 0) is 32.9 Å². The summed E-state index contributed by atoms with van der Waals surface area (Å²) >= 11 is 0. The lowest BCUT2D eigenvalue weighted by atomic mass is 9.94. The average molecular weight is 347 g/mol. The molecular weight excluding hydrogens is 322 g/mol. The molecule has 1 saturated carbocycles. The molecule has 0 unspecified atom stereocenters. The second-order valence-electron chi connectivity index (χ2n) is 6.88. The number of sulfone groups is 1. The Hall–Kier alpha value is -1.53. The quantitative estimate of drug-likeness (QED) is 0.851. The molecule has 130 valence electrons. The highest BCUT2D eigenvalue weighted by Crippen LogP contribution is 2.28. The highest BCUT2D eigenvalue weighted by Gasteiger charge is 2.35. The van der Waals surface area contributed by atoms with Crippen molar-refractivity contribution in [2.45, 2.75) is 50.4 Å². The van der Waals surface area contributed by atoms with Gasteiger partial charge >= 0.3 is 0 Å². The van der Waals surface area contributed by atoms with Crippen molar-refractivity contribution in [1.82, 2.24) is 14.9 Å². The number of hydrogen-bond donors (Lipinski definition) is 0. The normalized spacial score (nSPS) is 22.2. The maximum absolute atomic E-state index is 12.1. The SMILES string of the molecule is Cc1nc(CN(C)[C@@H]2CCCC[C@H]2S(C)(=O)=O)nc2ccccc12. The Bertz CT molecular complexity index is 835. The molecule has 2 aromatic rings. The van der Waals surface area contributed by atoms with E-state index in [1.54, 1.807) is 0 Å². The van der Waals surface area contributed by atoms with Crippen LogP contribution in [0, 0.1) is 6.92 Å². The second kappa shape index (κ2) is 6.76. The molecule has 0 amide bonds. The lowest BCUT2D eigenvalue weighted by molar-refractivity contribution is 0.183. The van der Waals surface area contributed by atoms with E-state index in [0.717, 1.165) is 48.1 Å². The van der Waals surface area contributed by atoms with E-state index in [4.69, 9.17) is 0 Å². The average Bonchev–Trinajstić information content (AvgIpc) is 2.54. The van der Waals surface area contributed by atoms with Crippen molar-refractivity contribution in [2.24, 2.45) is 0 Å². The third kappa shape index (κ3) is 3.59. The van der Waals surface area contributed by atoms with Gasteiger partial charge in [0.05, 0.1) is 17.3 Å². The summed E-state index contributed by atoms with van der Waals surface area (Å²) in [5.74, 6) is 0.756. The fourth-order valence-corrected chi connectivity index (χ4v) is 5.30. The second-order valence-corrected chi connectivity index (χ2v) is 9.14. The number of fused-ring (bicyclic) bond motifs is 1. The van der Waals surface area contributed by atoms with E-state index in [1.165, 1.54) is 6.26 Å². The Kier molecular flexibility index (Phi) is 4.88. The van der Waals surface area contributed by atoms with Crippen LogP contribution in [0.25, 0.3) is 10.9 Å². The standard InChI is InChI=1S/C18H25N3O2S/c1-13-14-8-4-5-9-15(14)20-18(19-13)12-21(2)16-10-6-7-11-17(16)24(3,22)23/h4-5,8-9,16-17H,6-7,10-12H2,1-3H3/t16-,17-/m1/s1. The number of hydrogen-bond acceptors (Lipinski definition) is 5. The predicted octanol–water partition coefficient (Wildman–Crippen LogP) is 2.73. The van der Waals surface area contributed by atoms with E-state index >= 15 is 0 Å². The van der Waals surface area contributed by atoms with E-state index in [2.05, 4.69) is 14.9 Å². The molecule has 0 N–H and O–H groups in total. The third-order valence-corrected chi connectivity index (χ3v) is 6.66. The molecule has 0 spiro atoms. The van der Waals surface area contributed by atoms with Gasteiger partial charge in [0.25, 0.3) is 0 Å². The highest BCUT2D eigenvalue weighted by atomic mass is 32.2. The van der Waals surface area contributed by atoms with Gasteiger partial charge in [0.1, 0.15) is 5.82 Å². The summed E-state index contributed by atoms with van der Waals surface area (Å²) in [6, 6.07) is 8.03. The topological polar surface area (TPSA) is 63.2 Å². The van der Waals surface area contributed by atoms with Crippen LogP contribution < -0.4 is 0 Å². The Morgan fingerprint density at radius 3 is 2.62 bits per heavy atom. The molecule has 0 radical (unpaired) electrons. The monoisotopic (exact) mass is 347 g/mol. The van der Waals surface area contributed by atoms with E-state index < -0.39 is 9.84 Å². The Morgan fingerprint density at radius 1 is 1.17 bits per heavy atom. The van der Waals surface area contributed by atoms with Gasteiger partial charge in [-0.2, -0.15) is 0 Å². The first-order valence-electron chi connectivity index (χ1n) is 8.47. The van der Waals surface area contributed by atoms with Crippen LogP contribution in [0.2, 0.25) is 0 Å². The largest absolute Gasteiger partial charge is 0.295 e. The number of benzene rings is 1. The molecule has 3 rings (SSSR count). The highest BCUT2D eigenvalue weighted by molar-refractivity contribution is 7.91. The Labute approximate surface area is 144 Å². The number of nitrogens with zero attached hydrogens (tertiary/aromatic N) is 3. The van der Waals surface area contributed by atoms with Crippen LogP contribution in [0.3, 0.4) is 0 Å². The maximum atomic E-state index is 12.1. The smallest absolute Gasteiger partial charge is 0.151 e. The summed E-state index contributed by atoms with van der Waals surface area (Å²) in [6.45, 7) is 2.57. The molecular formula is C18H25N3O2S. The van der Waals surface area contributed by atoms with Crippen LogP contribution in [0.4, 0.5) is 0 Å². The molecule has 0 aliphatic heterocycles. The molecule has 1 fully saturated rings. The predicted molar refractivity (Wildman–Crippen MR) is 96.6 cm³/mol. The first-order valence-corrected chi connectivity index (χ1v) is 10.4. The van der Waals surface area contributed by atoms with Crippen LogP contribution in [-0.2, 0) is 16.4 Å². The van der Waals surface area contributed by atoms with E-state index in [0.29, 0.717) is 6.54 Å². The number of para-hydroxylation sites is 1. The summed E-state index contributed by atoms with van der Waals surface area (Å²) in [7, 11) is -1.05. The molecule has 0 saturated heterocycles. The van der Waals surface area contributed by atoms with Crippen molar-refractivity contribution in [3.05, 3.63) is 35.8 Å². The van der Waals surface area contributed by atoms with Crippen LogP contribution in [0.1, 0.15) is 37.2 Å². The first kappa shape index (κ1) is 17.3. The van der Waals surface area contributed by atoms with Crippen LogP contribution in [0.15, 0.2) is 24.3 Å². The van der Waals surface area contributed by atoms with Gasteiger partial charge in [0, 0.05) is 23.4 Å². The first-order chi connectivity index (χ1) is 11.4. The van der Waals surface area contributed by atoms with Crippen molar-refractivity contribution < 1.29 is 8.42 Å².